The molecule has 0 fully saturated rings. The summed E-state index contributed by atoms with van der Waals surface area (Å²) in [5.41, 5.74) is 0.973. The highest BCUT2D eigenvalue weighted by Gasteiger charge is 2.12. The molecule has 0 bridgehead atoms. The molecule has 0 spiro atoms. The van der Waals surface area contributed by atoms with Crippen molar-refractivity contribution in [3.05, 3.63) is 30.3 Å². The first-order chi connectivity index (χ1) is 6.79. The Balaban J connectivity index is 2.77. The Morgan fingerprint density at radius 1 is 1.29 bits per heavy atom. The van der Waals surface area contributed by atoms with Crippen LogP contribution in [0.25, 0.3) is 0 Å². The van der Waals surface area contributed by atoms with Gasteiger partial charge in [0.05, 0.1) is 0 Å². The lowest BCUT2D eigenvalue weighted by Crippen LogP contribution is -2.26. The third-order valence-corrected chi connectivity index (χ3v) is 2.63. The fraction of sp³-hybridized carbons (Fsp3) is 0.364. The molecule has 0 saturated carbocycles. The van der Waals surface area contributed by atoms with Crippen molar-refractivity contribution < 1.29 is 4.79 Å². The maximum absolute atomic E-state index is 11.7. The number of hydrogen-bond donors (Lipinski definition) is 0. The van der Waals surface area contributed by atoms with E-state index in [1.165, 1.54) is 11.8 Å². The van der Waals surface area contributed by atoms with Crippen molar-refractivity contribution in [3.63, 3.8) is 0 Å². The van der Waals surface area contributed by atoms with Crippen LogP contribution in [0, 0.1) is 0 Å². The molecular formula is C11H15NOS. The Kier molecular flexibility index (Phi) is 4.53. The summed E-state index contributed by atoms with van der Waals surface area (Å²) >= 11 is 1.35. The molecule has 0 saturated heterocycles. The van der Waals surface area contributed by atoms with Gasteiger partial charge in [-0.1, -0.05) is 36.9 Å². The van der Waals surface area contributed by atoms with Crippen LogP contribution in [-0.4, -0.2) is 17.5 Å². The summed E-state index contributed by atoms with van der Waals surface area (Å²) in [5.74, 6) is 0.822. The van der Waals surface area contributed by atoms with Crippen LogP contribution in [0.15, 0.2) is 30.3 Å². The molecule has 0 aliphatic rings. The maximum atomic E-state index is 11.7. The number of amides is 1. The van der Waals surface area contributed by atoms with Crippen LogP contribution in [-0.2, 0) is 0 Å². The Morgan fingerprint density at radius 2 is 1.93 bits per heavy atom. The summed E-state index contributed by atoms with van der Waals surface area (Å²) in [6.07, 6.45) is 0. The number of anilines is 1. The number of rotatable bonds is 3. The zero-order chi connectivity index (χ0) is 10.4. The predicted octanol–water partition coefficient (Wildman–Crippen LogP) is 3.39. The Hall–Kier alpha value is -0.960. The second-order valence-corrected chi connectivity index (χ2v) is 3.99. The highest BCUT2D eigenvalue weighted by molar-refractivity contribution is 8.13. The van der Waals surface area contributed by atoms with Gasteiger partial charge in [-0.2, -0.15) is 0 Å². The third kappa shape index (κ3) is 2.77. The number of nitrogens with zero attached hydrogens (tertiary/aromatic N) is 1. The Labute approximate surface area is 89.3 Å². The highest BCUT2D eigenvalue weighted by atomic mass is 32.2. The molecule has 14 heavy (non-hydrogen) atoms. The SMILES string of the molecule is CCSC(=O)N(CC)c1ccccc1. The molecule has 0 N–H and O–H groups in total. The van der Waals surface area contributed by atoms with E-state index in [2.05, 4.69) is 0 Å². The number of carbonyl (C=O) groups excluding carboxylic acids is 1. The van der Waals surface area contributed by atoms with Gasteiger partial charge < -0.3 is 4.90 Å². The molecule has 0 atom stereocenters. The quantitative estimate of drug-likeness (QED) is 0.760. The minimum atomic E-state index is 0.126. The van der Waals surface area contributed by atoms with E-state index in [1.54, 1.807) is 4.90 Å². The first kappa shape index (κ1) is 11.1. The van der Waals surface area contributed by atoms with E-state index < -0.39 is 0 Å². The summed E-state index contributed by atoms with van der Waals surface area (Å²) in [7, 11) is 0. The number of para-hydroxylation sites is 1. The largest absolute Gasteiger partial charge is 0.304 e. The van der Waals surface area contributed by atoms with E-state index in [4.69, 9.17) is 0 Å². The van der Waals surface area contributed by atoms with E-state index in [1.807, 2.05) is 44.2 Å². The minimum Gasteiger partial charge on any atom is -0.304 e. The van der Waals surface area contributed by atoms with Gasteiger partial charge in [-0.3, -0.25) is 4.79 Å². The first-order valence-electron chi connectivity index (χ1n) is 4.79. The molecule has 0 aromatic heterocycles. The van der Waals surface area contributed by atoms with Gasteiger partial charge in [-0.15, -0.1) is 0 Å². The van der Waals surface area contributed by atoms with Crippen molar-refractivity contribution >= 4 is 22.7 Å². The van der Waals surface area contributed by atoms with Crippen LogP contribution in [0.4, 0.5) is 10.5 Å². The topological polar surface area (TPSA) is 20.3 Å². The molecule has 1 aromatic carbocycles. The third-order valence-electron chi connectivity index (χ3n) is 1.87. The molecular weight excluding hydrogens is 194 g/mol. The van der Waals surface area contributed by atoms with Gasteiger partial charge in [0.2, 0.25) is 0 Å². The van der Waals surface area contributed by atoms with Crippen molar-refractivity contribution in [2.24, 2.45) is 0 Å². The number of carbonyl (C=O) groups is 1. The van der Waals surface area contributed by atoms with Crippen molar-refractivity contribution in [3.8, 4) is 0 Å². The van der Waals surface area contributed by atoms with E-state index >= 15 is 0 Å². The van der Waals surface area contributed by atoms with Crippen molar-refractivity contribution in [1.29, 1.82) is 0 Å². The van der Waals surface area contributed by atoms with E-state index in [0.29, 0.717) is 0 Å². The standard InChI is InChI=1S/C11H15NOS/c1-3-12(11(13)14-4-2)10-8-6-5-7-9-10/h5-9H,3-4H2,1-2H3. The molecule has 1 rings (SSSR count). The molecule has 2 nitrogen and oxygen atoms in total. The predicted molar refractivity (Wildman–Crippen MR) is 63.0 cm³/mol. The van der Waals surface area contributed by atoms with Crippen molar-refractivity contribution in [2.45, 2.75) is 13.8 Å². The maximum Gasteiger partial charge on any atom is 0.286 e. The summed E-state index contributed by atoms with van der Waals surface area (Å²) in [4.78, 5) is 13.4. The molecule has 76 valence electrons. The summed E-state index contributed by atoms with van der Waals surface area (Å²) in [5, 5.41) is 0.126. The van der Waals surface area contributed by atoms with Gasteiger partial charge in [-0.05, 0) is 24.8 Å². The van der Waals surface area contributed by atoms with Crippen LogP contribution in [0.5, 0.6) is 0 Å². The summed E-state index contributed by atoms with van der Waals surface area (Å²) in [6.45, 7) is 4.69. The van der Waals surface area contributed by atoms with Gasteiger partial charge in [0, 0.05) is 12.2 Å². The number of benzene rings is 1. The van der Waals surface area contributed by atoms with Gasteiger partial charge in [0.1, 0.15) is 0 Å². The lowest BCUT2D eigenvalue weighted by molar-refractivity contribution is 0.265. The van der Waals surface area contributed by atoms with Gasteiger partial charge in [0.15, 0.2) is 0 Å². The normalized spacial score (nSPS) is 9.86. The Bertz CT molecular complexity index is 287. The molecule has 0 aliphatic heterocycles. The van der Waals surface area contributed by atoms with Crippen LogP contribution in [0.2, 0.25) is 0 Å². The minimum absolute atomic E-state index is 0.126. The second kappa shape index (κ2) is 5.70. The molecule has 0 radical (unpaired) electrons. The Morgan fingerprint density at radius 3 is 2.43 bits per heavy atom. The van der Waals surface area contributed by atoms with Gasteiger partial charge in [0.25, 0.3) is 5.24 Å². The fourth-order valence-electron chi connectivity index (χ4n) is 1.23. The van der Waals surface area contributed by atoms with Crippen molar-refractivity contribution in [1.82, 2.24) is 0 Å². The average Bonchev–Trinajstić information content (AvgIpc) is 2.21. The smallest absolute Gasteiger partial charge is 0.286 e. The molecule has 1 aromatic rings. The fourth-order valence-corrected chi connectivity index (χ4v) is 1.86. The molecule has 1 amide bonds. The van der Waals surface area contributed by atoms with E-state index in [0.717, 1.165) is 18.0 Å². The lowest BCUT2D eigenvalue weighted by Gasteiger charge is -2.19. The monoisotopic (exact) mass is 209 g/mol. The van der Waals surface area contributed by atoms with Crippen LogP contribution in [0.3, 0.4) is 0 Å². The summed E-state index contributed by atoms with van der Waals surface area (Å²) in [6, 6.07) is 9.76. The zero-order valence-electron chi connectivity index (χ0n) is 8.56. The van der Waals surface area contributed by atoms with Crippen LogP contribution >= 0.6 is 11.8 Å². The zero-order valence-corrected chi connectivity index (χ0v) is 9.38. The highest BCUT2D eigenvalue weighted by Crippen LogP contribution is 2.18. The van der Waals surface area contributed by atoms with Gasteiger partial charge >= 0.3 is 0 Å². The van der Waals surface area contributed by atoms with Crippen molar-refractivity contribution in [2.75, 3.05) is 17.2 Å². The molecule has 0 heterocycles. The number of thioether (sulfide) groups is 1. The molecule has 3 heteroatoms. The summed E-state index contributed by atoms with van der Waals surface area (Å²) < 4.78 is 0. The lowest BCUT2D eigenvalue weighted by atomic mass is 10.3. The van der Waals surface area contributed by atoms with Crippen LogP contribution in [0.1, 0.15) is 13.8 Å². The molecule has 0 aliphatic carbocycles. The average molecular weight is 209 g/mol. The number of hydrogen-bond acceptors (Lipinski definition) is 2. The molecule has 0 unspecified atom stereocenters. The second-order valence-electron chi connectivity index (χ2n) is 2.78. The van der Waals surface area contributed by atoms with E-state index in [9.17, 15) is 4.79 Å². The van der Waals surface area contributed by atoms with Gasteiger partial charge in [-0.25, -0.2) is 0 Å². The van der Waals surface area contributed by atoms with E-state index in [-0.39, 0.29) is 5.24 Å². The van der Waals surface area contributed by atoms with Crippen LogP contribution < -0.4 is 4.90 Å². The first-order valence-corrected chi connectivity index (χ1v) is 5.77.